The molecule has 132 valence electrons. The lowest BCUT2D eigenvalue weighted by molar-refractivity contribution is -0.138. The van der Waals surface area contributed by atoms with Crippen LogP contribution in [0.3, 0.4) is 0 Å². The highest BCUT2D eigenvalue weighted by molar-refractivity contribution is 5.82. The molecule has 1 amide bonds. The Morgan fingerprint density at radius 3 is 2.32 bits per heavy atom. The molecule has 5 heteroatoms. The Bertz CT molecular complexity index is 715. The lowest BCUT2D eigenvalue weighted by Gasteiger charge is -2.23. The van der Waals surface area contributed by atoms with Gasteiger partial charge in [0.05, 0.1) is 12.5 Å². The molecule has 0 bridgehead atoms. The normalized spacial score (nSPS) is 12.9. The molecular formula is C20H23NO4. The Hall–Kier alpha value is -2.82. The van der Waals surface area contributed by atoms with Crippen LogP contribution in [0.2, 0.25) is 0 Å². The predicted molar refractivity (Wildman–Crippen MR) is 95.5 cm³/mol. The minimum atomic E-state index is -0.970. The van der Waals surface area contributed by atoms with Gasteiger partial charge in [-0.05, 0) is 30.5 Å². The second-order valence-electron chi connectivity index (χ2n) is 5.85. The lowest BCUT2D eigenvalue weighted by atomic mass is 10.0. The van der Waals surface area contributed by atoms with E-state index in [2.05, 4.69) is 5.32 Å². The van der Waals surface area contributed by atoms with Gasteiger partial charge in [-0.3, -0.25) is 9.59 Å². The fourth-order valence-corrected chi connectivity index (χ4v) is 2.54. The van der Waals surface area contributed by atoms with Crippen LogP contribution in [0, 0.1) is 6.92 Å². The molecule has 2 unspecified atom stereocenters. The number of hydrogen-bond acceptors (Lipinski definition) is 3. The van der Waals surface area contributed by atoms with E-state index in [9.17, 15) is 9.59 Å². The van der Waals surface area contributed by atoms with Crippen molar-refractivity contribution in [1.82, 2.24) is 5.32 Å². The summed E-state index contributed by atoms with van der Waals surface area (Å²) in [5, 5.41) is 12.0. The van der Waals surface area contributed by atoms with Gasteiger partial charge in [-0.25, -0.2) is 0 Å². The monoisotopic (exact) mass is 341 g/mol. The second-order valence-corrected chi connectivity index (χ2v) is 5.85. The van der Waals surface area contributed by atoms with Crippen molar-refractivity contribution >= 4 is 11.9 Å². The van der Waals surface area contributed by atoms with Gasteiger partial charge >= 0.3 is 5.97 Å². The van der Waals surface area contributed by atoms with Crippen LogP contribution in [0.1, 0.15) is 36.9 Å². The molecule has 0 saturated heterocycles. The maximum Gasteiger partial charge on any atom is 0.305 e. The lowest BCUT2D eigenvalue weighted by Crippen LogP contribution is -2.40. The summed E-state index contributed by atoms with van der Waals surface area (Å²) in [6, 6.07) is 16.0. The summed E-state index contributed by atoms with van der Waals surface area (Å²) >= 11 is 0. The zero-order valence-corrected chi connectivity index (χ0v) is 14.4. The number of ether oxygens (including phenoxy) is 1. The average Bonchev–Trinajstić information content (AvgIpc) is 2.60. The SMILES string of the molecule is CCC(Oc1ccccc1C)C(=O)NC(CC(=O)O)c1ccccc1. The standard InChI is InChI=1S/C20H23NO4/c1-3-17(25-18-12-8-7-9-14(18)2)20(24)21-16(13-19(22)23)15-10-5-4-6-11-15/h4-12,16-17H,3,13H2,1-2H3,(H,21,24)(H,22,23). The van der Waals surface area contributed by atoms with E-state index in [0.717, 1.165) is 11.1 Å². The van der Waals surface area contributed by atoms with Crippen molar-refractivity contribution in [2.75, 3.05) is 0 Å². The van der Waals surface area contributed by atoms with Crippen LogP contribution >= 0.6 is 0 Å². The fraction of sp³-hybridized carbons (Fsp3) is 0.300. The minimum absolute atomic E-state index is 0.184. The number of amides is 1. The van der Waals surface area contributed by atoms with E-state index < -0.39 is 18.1 Å². The van der Waals surface area contributed by atoms with E-state index in [-0.39, 0.29) is 12.3 Å². The van der Waals surface area contributed by atoms with E-state index in [1.807, 2.05) is 56.3 Å². The van der Waals surface area contributed by atoms with Gasteiger partial charge in [0.1, 0.15) is 5.75 Å². The summed E-state index contributed by atoms with van der Waals surface area (Å²) in [4.78, 5) is 23.8. The van der Waals surface area contributed by atoms with E-state index >= 15 is 0 Å². The van der Waals surface area contributed by atoms with E-state index in [4.69, 9.17) is 9.84 Å². The van der Waals surface area contributed by atoms with E-state index in [1.54, 1.807) is 12.1 Å². The minimum Gasteiger partial charge on any atom is -0.481 e. The number of para-hydroxylation sites is 1. The average molecular weight is 341 g/mol. The molecule has 2 rings (SSSR count). The fourth-order valence-electron chi connectivity index (χ4n) is 2.54. The number of carboxylic acid groups (broad SMARTS) is 1. The Balaban J connectivity index is 2.12. The molecule has 0 spiro atoms. The van der Waals surface area contributed by atoms with Crippen molar-refractivity contribution in [2.45, 2.75) is 38.8 Å². The van der Waals surface area contributed by atoms with Crippen LogP contribution < -0.4 is 10.1 Å². The van der Waals surface area contributed by atoms with Crippen molar-refractivity contribution in [1.29, 1.82) is 0 Å². The molecule has 2 aromatic carbocycles. The number of rotatable bonds is 8. The number of nitrogens with one attached hydrogen (secondary N) is 1. The number of benzene rings is 2. The molecule has 25 heavy (non-hydrogen) atoms. The molecule has 0 aliphatic carbocycles. The Morgan fingerprint density at radius 2 is 1.72 bits per heavy atom. The van der Waals surface area contributed by atoms with Gasteiger partial charge in [0.25, 0.3) is 5.91 Å². The van der Waals surface area contributed by atoms with Crippen molar-refractivity contribution in [2.24, 2.45) is 0 Å². The summed E-state index contributed by atoms with van der Waals surface area (Å²) in [6.45, 7) is 3.77. The highest BCUT2D eigenvalue weighted by Crippen LogP contribution is 2.21. The Morgan fingerprint density at radius 1 is 1.08 bits per heavy atom. The van der Waals surface area contributed by atoms with E-state index in [0.29, 0.717) is 12.2 Å². The summed E-state index contributed by atoms with van der Waals surface area (Å²) < 4.78 is 5.84. The number of hydrogen-bond donors (Lipinski definition) is 2. The molecule has 0 aromatic heterocycles. The summed E-state index contributed by atoms with van der Waals surface area (Å²) in [5.74, 6) is -0.637. The van der Waals surface area contributed by atoms with Gasteiger partial charge in [0.2, 0.25) is 0 Å². The molecule has 0 heterocycles. The zero-order chi connectivity index (χ0) is 18.2. The summed E-state index contributed by atoms with van der Waals surface area (Å²) in [6.07, 6.45) is -0.383. The smallest absolute Gasteiger partial charge is 0.305 e. The van der Waals surface area contributed by atoms with E-state index in [1.165, 1.54) is 0 Å². The highest BCUT2D eigenvalue weighted by Gasteiger charge is 2.24. The van der Waals surface area contributed by atoms with Gasteiger partial charge in [0.15, 0.2) is 6.10 Å². The molecule has 0 aliphatic heterocycles. The van der Waals surface area contributed by atoms with Crippen LogP contribution in [0.5, 0.6) is 5.75 Å². The van der Waals surface area contributed by atoms with Crippen molar-refractivity contribution in [3.05, 3.63) is 65.7 Å². The largest absolute Gasteiger partial charge is 0.481 e. The number of carbonyl (C=O) groups excluding carboxylic acids is 1. The van der Waals surface area contributed by atoms with Crippen molar-refractivity contribution in [3.8, 4) is 5.75 Å². The third-order valence-electron chi connectivity index (χ3n) is 3.92. The maximum absolute atomic E-state index is 12.6. The van der Waals surface area contributed by atoms with Crippen LogP contribution in [0.4, 0.5) is 0 Å². The van der Waals surface area contributed by atoms with Crippen LogP contribution in [0.25, 0.3) is 0 Å². The molecular weight excluding hydrogens is 318 g/mol. The summed E-state index contributed by atoms with van der Waals surface area (Å²) in [5.41, 5.74) is 1.70. The molecule has 0 aliphatic rings. The second kappa shape index (κ2) is 8.87. The first-order chi connectivity index (χ1) is 12.0. The topological polar surface area (TPSA) is 75.6 Å². The van der Waals surface area contributed by atoms with Gasteiger partial charge in [0, 0.05) is 0 Å². The zero-order valence-electron chi connectivity index (χ0n) is 14.4. The first-order valence-electron chi connectivity index (χ1n) is 8.30. The molecule has 2 atom stereocenters. The highest BCUT2D eigenvalue weighted by atomic mass is 16.5. The number of carbonyl (C=O) groups is 2. The molecule has 2 aromatic rings. The molecule has 0 radical (unpaired) electrons. The number of carboxylic acids is 1. The first kappa shape index (κ1) is 18.5. The Labute approximate surface area is 147 Å². The molecule has 5 nitrogen and oxygen atoms in total. The third-order valence-corrected chi connectivity index (χ3v) is 3.92. The van der Waals surface area contributed by atoms with Crippen molar-refractivity contribution < 1.29 is 19.4 Å². The quantitative estimate of drug-likeness (QED) is 0.771. The Kier molecular flexibility index (Phi) is 6.57. The van der Waals surface area contributed by atoms with Crippen LogP contribution in [-0.4, -0.2) is 23.1 Å². The number of aliphatic carboxylic acids is 1. The molecule has 2 N–H and O–H groups in total. The third kappa shape index (κ3) is 5.35. The number of aryl methyl sites for hydroxylation is 1. The molecule has 0 fully saturated rings. The summed E-state index contributed by atoms with van der Waals surface area (Å²) in [7, 11) is 0. The first-order valence-corrected chi connectivity index (χ1v) is 8.30. The van der Waals surface area contributed by atoms with Crippen molar-refractivity contribution in [3.63, 3.8) is 0 Å². The molecule has 0 saturated carbocycles. The van der Waals surface area contributed by atoms with Gasteiger partial charge in [-0.2, -0.15) is 0 Å². The van der Waals surface area contributed by atoms with Gasteiger partial charge < -0.3 is 15.2 Å². The van der Waals surface area contributed by atoms with Gasteiger partial charge in [-0.1, -0.05) is 55.5 Å². The maximum atomic E-state index is 12.6. The van der Waals surface area contributed by atoms with Crippen LogP contribution in [0.15, 0.2) is 54.6 Å². The predicted octanol–water partition coefficient (Wildman–Crippen LogP) is 3.48. The van der Waals surface area contributed by atoms with Crippen LogP contribution in [-0.2, 0) is 9.59 Å². The van der Waals surface area contributed by atoms with Gasteiger partial charge in [-0.15, -0.1) is 0 Å².